The highest BCUT2D eigenvalue weighted by Crippen LogP contribution is 2.51. The van der Waals surface area contributed by atoms with Crippen LogP contribution in [0.2, 0.25) is 0 Å². The monoisotopic (exact) mass is 662 g/mol. The van der Waals surface area contributed by atoms with Gasteiger partial charge in [-0.15, -0.1) is 0 Å². The lowest BCUT2D eigenvalue weighted by Crippen LogP contribution is -2.54. The van der Waals surface area contributed by atoms with Gasteiger partial charge in [0.2, 0.25) is 5.91 Å². The van der Waals surface area contributed by atoms with E-state index in [4.69, 9.17) is 4.74 Å². The number of amides is 1. The van der Waals surface area contributed by atoms with Crippen molar-refractivity contribution in [3.63, 3.8) is 0 Å². The Morgan fingerprint density at radius 3 is 2.16 bits per heavy atom. The highest BCUT2D eigenvalue weighted by atomic mass is 32.2. The van der Waals surface area contributed by atoms with Crippen LogP contribution in [0, 0.1) is 5.82 Å². The molecule has 1 heterocycles. The molecule has 1 unspecified atom stereocenters. The van der Waals surface area contributed by atoms with Crippen molar-refractivity contribution in [2.75, 3.05) is 10.8 Å². The fourth-order valence-corrected chi connectivity index (χ4v) is 6.54. The maximum Gasteiger partial charge on any atom is 0.430 e. The third-order valence-electron chi connectivity index (χ3n) is 7.10. The lowest BCUT2D eigenvalue weighted by molar-refractivity contribution is -0.376. The number of aliphatic hydroxyl groups is 1. The van der Waals surface area contributed by atoms with E-state index in [-0.39, 0.29) is 30.7 Å². The number of nitrogens with one attached hydrogen (secondary N) is 1. The van der Waals surface area contributed by atoms with Crippen LogP contribution in [0.5, 0.6) is 0 Å². The molecule has 0 saturated heterocycles. The van der Waals surface area contributed by atoms with Gasteiger partial charge in [0.05, 0.1) is 16.6 Å². The Balaban J connectivity index is 1.62. The van der Waals surface area contributed by atoms with Gasteiger partial charge in [-0.2, -0.15) is 26.3 Å². The van der Waals surface area contributed by atoms with Gasteiger partial charge < -0.3 is 15.2 Å². The number of nitrogens with zero attached hydrogens (tertiary/aromatic N) is 1. The van der Waals surface area contributed by atoms with Gasteiger partial charge in [-0.3, -0.25) is 13.9 Å². The molecule has 8 nitrogen and oxygen atoms in total. The Bertz CT molecular complexity index is 1630. The van der Waals surface area contributed by atoms with E-state index in [0.717, 1.165) is 24.3 Å². The molecule has 3 aromatic carbocycles. The predicted molar refractivity (Wildman–Crippen MR) is 144 cm³/mol. The number of sulfonamides is 1. The summed E-state index contributed by atoms with van der Waals surface area (Å²) in [7, 11) is -4.67. The Morgan fingerprint density at radius 1 is 0.933 bits per heavy atom. The summed E-state index contributed by atoms with van der Waals surface area (Å²) in [6.07, 6.45) is -13.4. The first-order chi connectivity index (χ1) is 20.9. The predicted octanol–water partition coefficient (Wildman–Crippen LogP) is 4.90. The van der Waals surface area contributed by atoms with Crippen molar-refractivity contribution in [1.82, 2.24) is 5.32 Å². The summed E-state index contributed by atoms with van der Waals surface area (Å²) in [5.74, 6) is -2.39. The third-order valence-corrected chi connectivity index (χ3v) is 8.98. The highest BCUT2D eigenvalue weighted by molar-refractivity contribution is 7.92. The number of carbonyl (C=O) groups excluding carboxylic acids is 2. The van der Waals surface area contributed by atoms with Gasteiger partial charge in [-0.05, 0) is 54.3 Å². The van der Waals surface area contributed by atoms with Gasteiger partial charge in [0.1, 0.15) is 19.0 Å². The number of halogens is 7. The van der Waals surface area contributed by atoms with Gasteiger partial charge in [-0.25, -0.2) is 12.8 Å². The lowest BCUT2D eigenvalue weighted by Gasteiger charge is -2.39. The van der Waals surface area contributed by atoms with Crippen LogP contribution in [-0.4, -0.2) is 50.3 Å². The average Bonchev–Trinajstić information content (AvgIpc) is 2.97. The van der Waals surface area contributed by atoms with E-state index in [1.165, 1.54) is 0 Å². The summed E-state index contributed by atoms with van der Waals surface area (Å²) >= 11 is 0. The number of hydrogen-bond donors (Lipinski definition) is 2. The molecule has 16 heteroatoms. The highest BCUT2D eigenvalue weighted by Gasteiger charge is 2.71. The number of anilines is 1. The molecule has 2 N–H and O–H groups in total. The fraction of sp³-hybridized carbons (Fsp3) is 0.310. The number of hydrogen-bond acceptors (Lipinski definition) is 6. The Kier molecular flexibility index (Phi) is 9.49. The van der Waals surface area contributed by atoms with Crippen molar-refractivity contribution in [2.45, 2.75) is 54.8 Å². The first kappa shape index (κ1) is 33.7. The summed E-state index contributed by atoms with van der Waals surface area (Å²) < 4.78 is 128. The number of esters is 1. The molecule has 242 valence electrons. The second kappa shape index (κ2) is 12.7. The molecule has 45 heavy (non-hydrogen) atoms. The lowest BCUT2D eigenvalue weighted by atomic mass is 9.87. The maximum absolute atomic E-state index is 13.7. The van der Waals surface area contributed by atoms with Crippen molar-refractivity contribution >= 4 is 27.6 Å². The summed E-state index contributed by atoms with van der Waals surface area (Å²) in [5, 5.41) is 12.2. The molecule has 1 amide bonds. The van der Waals surface area contributed by atoms with E-state index in [2.05, 4.69) is 5.32 Å². The molecule has 0 bridgehead atoms. The first-order valence-corrected chi connectivity index (χ1v) is 14.6. The topological polar surface area (TPSA) is 113 Å². The van der Waals surface area contributed by atoms with E-state index >= 15 is 0 Å². The zero-order valence-corrected chi connectivity index (χ0v) is 23.8. The van der Waals surface area contributed by atoms with Crippen LogP contribution in [0.3, 0.4) is 0 Å². The van der Waals surface area contributed by atoms with E-state index in [1.54, 1.807) is 30.3 Å². The number of benzene rings is 3. The van der Waals surface area contributed by atoms with Crippen LogP contribution in [0.25, 0.3) is 0 Å². The minimum absolute atomic E-state index is 0.0710. The molecule has 3 aromatic rings. The van der Waals surface area contributed by atoms with Crippen molar-refractivity contribution in [2.24, 2.45) is 0 Å². The minimum Gasteiger partial charge on any atom is -0.460 e. The van der Waals surface area contributed by atoms with Gasteiger partial charge >= 0.3 is 18.3 Å². The number of fused-ring (bicyclic) bond motifs is 1. The standard InChI is InChI=1S/C29H25F7N2O6S/c30-21-8-11-23(12-9-21)45(42,43)38-22(15-25(39)37-16-26(40)44-17-18-4-2-1-3-5-18)10-6-19-14-20(7-13-24(19)38)27(41,28(31,32)33)29(34,35)36/h1-5,7-9,11-14,22,41H,6,10,15-17H2,(H,37,39). The molecule has 1 atom stereocenters. The van der Waals surface area contributed by atoms with E-state index in [0.29, 0.717) is 28.1 Å². The summed E-state index contributed by atoms with van der Waals surface area (Å²) in [6, 6.07) is 12.3. The van der Waals surface area contributed by atoms with Gasteiger partial charge in [-0.1, -0.05) is 42.5 Å². The second-order valence-corrected chi connectivity index (χ2v) is 11.9. The van der Waals surface area contributed by atoms with Gasteiger partial charge in [0.15, 0.2) is 0 Å². The SMILES string of the molecule is O=C(CC1CCc2cc(C(O)(C(F)(F)F)C(F)(F)F)ccc2N1S(=O)(=O)c1ccc(F)cc1)NCC(=O)OCc1ccccc1. The zero-order chi connectivity index (χ0) is 33.2. The molecule has 1 aliphatic rings. The molecular weight excluding hydrogens is 637 g/mol. The van der Waals surface area contributed by atoms with Crippen LogP contribution in [0.4, 0.5) is 36.4 Å². The Labute approximate surface area is 252 Å². The Hall–Kier alpha value is -4.18. The number of ether oxygens (including phenoxy) is 1. The Morgan fingerprint density at radius 2 is 1.56 bits per heavy atom. The molecule has 4 rings (SSSR count). The van der Waals surface area contributed by atoms with Crippen molar-refractivity contribution < 1.29 is 58.6 Å². The maximum atomic E-state index is 13.7. The van der Waals surface area contributed by atoms with Crippen LogP contribution in [0.15, 0.2) is 77.7 Å². The van der Waals surface area contributed by atoms with Crippen LogP contribution in [0.1, 0.15) is 29.5 Å². The largest absolute Gasteiger partial charge is 0.460 e. The van der Waals surface area contributed by atoms with Crippen molar-refractivity contribution in [3.8, 4) is 0 Å². The minimum atomic E-state index is -6.17. The van der Waals surface area contributed by atoms with Gasteiger partial charge in [0.25, 0.3) is 15.6 Å². The molecular formula is C29H25F7N2O6S. The molecule has 0 radical (unpaired) electrons. The molecule has 0 spiro atoms. The molecule has 0 aromatic heterocycles. The van der Waals surface area contributed by atoms with Crippen molar-refractivity contribution in [3.05, 3.63) is 95.3 Å². The number of alkyl halides is 6. The van der Waals surface area contributed by atoms with Crippen molar-refractivity contribution in [1.29, 1.82) is 0 Å². The first-order valence-electron chi connectivity index (χ1n) is 13.2. The molecule has 0 saturated carbocycles. The molecule has 1 aliphatic heterocycles. The molecule has 0 fully saturated rings. The van der Waals surface area contributed by atoms with Crippen LogP contribution < -0.4 is 9.62 Å². The van der Waals surface area contributed by atoms with E-state index < -0.39 is 75.1 Å². The van der Waals surface area contributed by atoms with Crippen LogP contribution >= 0.6 is 0 Å². The zero-order valence-electron chi connectivity index (χ0n) is 23.0. The van der Waals surface area contributed by atoms with Gasteiger partial charge in [0, 0.05) is 12.0 Å². The summed E-state index contributed by atoms with van der Waals surface area (Å²) in [4.78, 5) is 24.4. The van der Waals surface area contributed by atoms with E-state index in [1.807, 2.05) is 0 Å². The molecule has 0 aliphatic carbocycles. The smallest absolute Gasteiger partial charge is 0.430 e. The number of aryl methyl sites for hydroxylation is 1. The normalized spacial score (nSPS) is 15.7. The fourth-order valence-electron chi connectivity index (χ4n) is 4.83. The second-order valence-electron chi connectivity index (χ2n) is 10.1. The van der Waals surface area contributed by atoms with Crippen LogP contribution in [-0.2, 0) is 43.0 Å². The average molecular weight is 663 g/mol. The number of carbonyl (C=O) groups is 2. The number of rotatable bonds is 9. The summed E-state index contributed by atoms with van der Waals surface area (Å²) in [5.41, 5.74) is -6.77. The van der Waals surface area contributed by atoms with E-state index in [9.17, 15) is 53.8 Å². The quantitative estimate of drug-likeness (QED) is 0.249. The third kappa shape index (κ3) is 7.06. The summed E-state index contributed by atoms with van der Waals surface area (Å²) in [6.45, 7) is -0.644.